The number of aromatic nitrogens is 2. The van der Waals surface area contributed by atoms with Gasteiger partial charge in [-0.2, -0.15) is 5.10 Å². The molecule has 2 aromatic rings. The Kier molecular flexibility index (Phi) is 5.38. The molecule has 0 amide bonds. The van der Waals surface area contributed by atoms with E-state index in [0.29, 0.717) is 6.04 Å². The predicted molar refractivity (Wildman–Crippen MR) is 86.5 cm³/mol. The highest BCUT2D eigenvalue weighted by molar-refractivity contribution is 7.10. The van der Waals surface area contributed by atoms with Gasteiger partial charge in [0.2, 0.25) is 0 Å². The lowest BCUT2D eigenvalue weighted by molar-refractivity contribution is 0.520. The Morgan fingerprint density at radius 2 is 2.15 bits per heavy atom. The van der Waals surface area contributed by atoms with E-state index >= 15 is 0 Å². The second-order valence-electron chi connectivity index (χ2n) is 5.08. The van der Waals surface area contributed by atoms with E-state index < -0.39 is 0 Å². The second kappa shape index (κ2) is 7.04. The van der Waals surface area contributed by atoms with Crippen molar-refractivity contribution in [1.29, 1.82) is 0 Å². The highest BCUT2D eigenvalue weighted by Crippen LogP contribution is 2.27. The molecule has 110 valence electrons. The Bertz CT molecular complexity index is 542. The van der Waals surface area contributed by atoms with Crippen molar-refractivity contribution in [2.45, 2.75) is 53.1 Å². The number of aryl methyl sites for hydroxylation is 3. The molecule has 2 rings (SSSR count). The summed E-state index contributed by atoms with van der Waals surface area (Å²) in [7, 11) is 0. The van der Waals surface area contributed by atoms with E-state index in [4.69, 9.17) is 0 Å². The first-order valence-electron chi connectivity index (χ1n) is 7.52. The summed E-state index contributed by atoms with van der Waals surface area (Å²) in [6, 6.07) is 4.86. The normalized spacial score (nSPS) is 12.8. The van der Waals surface area contributed by atoms with Crippen LogP contribution in [0, 0.1) is 6.92 Å². The molecule has 20 heavy (non-hydrogen) atoms. The van der Waals surface area contributed by atoms with Gasteiger partial charge in [-0.25, -0.2) is 0 Å². The van der Waals surface area contributed by atoms with E-state index in [1.54, 1.807) is 0 Å². The lowest BCUT2D eigenvalue weighted by Crippen LogP contribution is -2.23. The van der Waals surface area contributed by atoms with Crippen LogP contribution in [-0.4, -0.2) is 16.3 Å². The van der Waals surface area contributed by atoms with Crippen LogP contribution in [0.2, 0.25) is 0 Å². The monoisotopic (exact) mass is 291 g/mol. The number of thiophene rings is 1. The number of nitrogens with zero attached hydrogens (tertiary/aromatic N) is 2. The largest absolute Gasteiger partial charge is 0.309 e. The molecule has 2 heterocycles. The molecule has 0 bridgehead atoms. The fraction of sp³-hybridized carbons (Fsp3) is 0.562. The smallest absolute Gasteiger partial charge is 0.0624 e. The predicted octanol–water partition coefficient (Wildman–Crippen LogP) is 3.73. The molecule has 0 aliphatic heterocycles. The van der Waals surface area contributed by atoms with Crippen molar-refractivity contribution in [1.82, 2.24) is 15.1 Å². The summed E-state index contributed by atoms with van der Waals surface area (Å²) in [5.74, 6) is 0. The van der Waals surface area contributed by atoms with Crippen LogP contribution >= 0.6 is 11.3 Å². The van der Waals surface area contributed by atoms with Crippen molar-refractivity contribution in [3.63, 3.8) is 0 Å². The summed E-state index contributed by atoms with van der Waals surface area (Å²) >= 11 is 1.85. The van der Waals surface area contributed by atoms with E-state index in [0.717, 1.165) is 25.9 Å². The zero-order chi connectivity index (χ0) is 14.5. The summed E-state index contributed by atoms with van der Waals surface area (Å²) in [4.78, 5) is 1.45. The quantitative estimate of drug-likeness (QED) is 0.842. The van der Waals surface area contributed by atoms with Gasteiger partial charge in [0.1, 0.15) is 0 Å². The van der Waals surface area contributed by atoms with Gasteiger partial charge in [-0.05, 0) is 49.9 Å². The Morgan fingerprint density at radius 3 is 2.70 bits per heavy atom. The van der Waals surface area contributed by atoms with Crippen molar-refractivity contribution in [3.8, 4) is 0 Å². The summed E-state index contributed by atoms with van der Waals surface area (Å²) in [6.07, 6.45) is 2.01. The van der Waals surface area contributed by atoms with Crippen LogP contribution in [0.25, 0.3) is 0 Å². The lowest BCUT2D eigenvalue weighted by atomic mass is 10.1. The molecular formula is C16H25N3S. The van der Waals surface area contributed by atoms with Crippen LogP contribution in [-0.2, 0) is 19.4 Å². The van der Waals surface area contributed by atoms with Crippen molar-refractivity contribution in [2.24, 2.45) is 0 Å². The first-order chi connectivity index (χ1) is 9.69. The molecule has 0 aliphatic rings. The Morgan fingerprint density at radius 1 is 1.35 bits per heavy atom. The molecule has 0 aliphatic carbocycles. The minimum atomic E-state index is 0.395. The molecule has 0 fully saturated rings. The van der Waals surface area contributed by atoms with Crippen LogP contribution in [0.3, 0.4) is 0 Å². The van der Waals surface area contributed by atoms with Gasteiger partial charge in [-0.1, -0.05) is 13.8 Å². The molecule has 1 atom stereocenters. The van der Waals surface area contributed by atoms with E-state index in [1.165, 1.54) is 21.8 Å². The topological polar surface area (TPSA) is 29.9 Å². The maximum absolute atomic E-state index is 4.66. The molecule has 0 saturated heterocycles. The average Bonchev–Trinajstić information content (AvgIpc) is 3.04. The third kappa shape index (κ3) is 3.30. The average molecular weight is 291 g/mol. The van der Waals surface area contributed by atoms with E-state index in [1.807, 2.05) is 11.3 Å². The fourth-order valence-electron chi connectivity index (χ4n) is 2.58. The SMILES string of the molecule is CCNC(Cc1cc(CC)nn1CC)c1sccc1C. The zero-order valence-electron chi connectivity index (χ0n) is 12.9. The summed E-state index contributed by atoms with van der Waals surface area (Å²) in [5.41, 5.74) is 3.92. The Hall–Kier alpha value is -1.13. The summed E-state index contributed by atoms with van der Waals surface area (Å²) in [6.45, 7) is 10.6. The molecule has 3 nitrogen and oxygen atoms in total. The molecule has 0 saturated carbocycles. The highest BCUT2D eigenvalue weighted by atomic mass is 32.1. The third-order valence-corrected chi connectivity index (χ3v) is 4.79. The number of rotatable bonds is 7. The van der Waals surface area contributed by atoms with Gasteiger partial charge in [0.25, 0.3) is 0 Å². The van der Waals surface area contributed by atoms with Gasteiger partial charge >= 0.3 is 0 Å². The van der Waals surface area contributed by atoms with Gasteiger partial charge < -0.3 is 5.32 Å². The minimum absolute atomic E-state index is 0.395. The van der Waals surface area contributed by atoms with E-state index in [9.17, 15) is 0 Å². The van der Waals surface area contributed by atoms with Crippen molar-refractivity contribution in [3.05, 3.63) is 39.3 Å². The fourth-order valence-corrected chi connectivity index (χ4v) is 3.58. The molecule has 1 unspecified atom stereocenters. The van der Waals surface area contributed by atoms with Gasteiger partial charge in [0.15, 0.2) is 0 Å². The van der Waals surface area contributed by atoms with Crippen LogP contribution in [0.1, 0.15) is 48.6 Å². The zero-order valence-corrected chi connectivity index (χ0v) is 13.8. The van der Waals surface area contributed by atoms with Crippen LogP contribution in [0.4, 0.5) is 0 Å². The molecular weight excluding hydrogens is 266 g/mol. The van der Waals surface area contributed by atoms with Crippen LogP contribution in [0.5, 0.6) is 0 Å². The maximum Gasteiger partial charge on any atom is 0.0624 e. The van der Waals surface area contributed by atoms with Gasteiger partial charge in [-0.3, -0.25) is 4.68 Å². The first kappa shape index (κ1) is 15.3. The van der Waals surface area contributed by atoms with Crippen molar-refractivity contribution >= 4 is 11.3 Å². The van der Waals surface area contributed by atoms with E-state index in [2.05, 4.69) is 60.3 Å². The standard InChI is InChI=1S/C16H25N3S/c1-5-13-10-14(19(7-3)18-13)11-15(17-6-2)16-12(4)8-9-20-16/h8-10,15,17H,5-7,11H2,1-4H3. The molecule has 2 aromatic heterocycles. The molecule has 0 radical (unpaired) electrons. The van der Waals surface area contributed by atoms with Crippen LogP contribution in [0.15, 0.2) is 17.5 Å². The second-order valence-corrected chi connectivity index (χ2v) is 6.03. The highest BCUT2D eigenvalue weighted by Gasteiger charge is 2.17. The number of hydrogen-bond acceptors (Lipinski definition) is 3. The number of nitrogens with one attached hydrogen (secondary N) is 1. The number of likely N-dealkylation sites (N-methyl/N-ethyl adjacent to an activating group) is 1. The third-order valence-electron chi connectivity index (χ3n) is 3.66. The maximum atomic E-state index is 4.66. The van der Waals surface area contributed by atoms with Crippen molar-refractivity contribution in [2.75, 3.05) is 6.54 Å². The van der Waals surface area contributed by atoms with Gasteiger partial charge in [-0.15, -0.1) is 11.3 Å². The van der Waals surface area contributed by atoms with E-state index in [-0.39, 0.29) is 0 Å². The Balaban J connectivity index is 2.24. The van der Waals surface area contributed by atoms with Crippen LogP contribution < -0.4 is 5.32 Å². The summed E-state index contributed by atoms with van der Waals surface area (Å²) < 4.78 is 2.14. The van der Waals surface area contributed by atoms with Gasteiger partial charge in [0.05, 0.1) is 5.69 Å². The number of hydrogen-bond donors (Lipinski definition) is 1. The Labute approximate surface area is 126 Å². The summed E-state index contributed by atoms with van der Waals surface area (Å²) in [5, 5.41) is 10.5. The molecule has 0 aromatic carbocycles. The lowest BCUT2D eigenvalue weighted by Gasteiger charge is -2.18. The minimum Gasteiger partial charge on any atom is -0.309 e. The first-order valence-corrected chi connectivity index (χ1v) is 8.40. The van der Waals surface area contributed by atoms with Gasteiger partial charge in [0, 0.05) is 29.6 Å². The van der Waals surface area contributed by atoms with Crippen molar-refractivity contribution < 1.29 is 0 Å². The molecule has 1 N–H and O–H groups in total. The molecule has 4 heteroatoms. The molecule has 0 spiro atoms.